The third-order valence-electron chi connectivity index (χ3n) is 5.96. The maximum Gasteiger partial charge on any atom is 0.416 e. The largest absolute Gasteiger partial charge is 0.507 e. The van der Waals surface area contributed by atoms with Gasteiger partial charge >= 0.3 is 6.18 Å². The first kappa shape index (κ1) is 16.2. The molecule has 1 N–H and O–H groups in total. The van der Waals surface area contributed by atoms with Crippen molar-refractivity contribution in [2.75, 3.05) is 0 Å². The highest BCUT2D eigenvalue weighted by atomic mass is 32.1. The average molecular weight is 374 g/mol. The summed E-state index contributed by atoms with van der Waals surface area (Å²) in [6.07, 6.45) is 0.156. The quantitative estimate of drug-likeness (QED) is 0.447. The second-order valence-corrected chi connectivity index (χ2v) is 8.24. The van der Waals surface area contributed by atoms with Crippen molar-refractivity contribution in [3.8, 4) is 16.2 Å². The first-order valence-electron chi connectivity index (χ1n) is 8.89. The van der Waals surface area contributed by atoms with E-state index in [4.69, 9.17) is 0 Å². The van der Waals surface area contributed by atoms with E-state index in [0.29, 0.717) is 11.8 Å². The lowest BCUT2D eigenvalue weighted by molar-refractivity contribution is -0.137. The summed E-state index contributed by atoms with van der Waals surface area (Å²) in [5, 5.41) is 13.6. The molecule has 134 valence electrons. The van der Waals surface area contributed by atoms with Gasteiger partial charge in [-0.15, -0.1) is 11.3 Å². The molecule has 26 heavy (non-hydrogen) atoms. The monoisotopic (exact) mass is 374 g/mol. The molecule has 1 aromatic heterocycles. The molecular weight excluding hydrogens is 357 g/mol. The molecule has 3 aromatic rings. The summed E-state index contributed by atoms with van der Waals surface area (Å²) in [6.45, 7) is 0. The number of phenolic OH excluding ortho intramolecular Hbond substituents is 1. The molecule has 5 rings (SSSR count). The predicted octanol–water partition coefficient (Wildman–Crippen LogP) is 7.05. The van der Waals surface area contributed by atoms with Gasteiger partial charge in [-0.3, -0.25) is 0 Å². The molecule has 1 heterocycles. The summed E-state index contributed by atoms with van der Waals surface area (Å²) < 4.78 is 39.4. The molecule has 0 aliphatic heterocycles. The second-order valence-electron chi connectivity index (χ2n) is 7.32. The van der Waals surface area contributed by atoms with Crippen LogP contribution in [0.4, 0.5) is 13.2 Å². The highest BCUT2D eigenvalue weighted by Crippen LogP contribution is 2.57. The van der Waals surface area contributed by atoms with E-state index in [0.717, 1.165) is 52.8 Å². The molecule has 0 saturated heterocycles. The minimum Gasteiger partial charge on any atom is -0.507 e. The minimum atomic E-state index is -4.42. The number of aromatic hydroxyl groups is 1. The number of thiophene rings is 1. The molecule has 0 radical (unpaired) electrons. The summed E-state index contributed by atoms with van der Waals surface area (Å²) >= 11 is 1.65. The van der Waals surface area contributed by atoms with Crippen LogP contribution in [0.25, 0.3) is 21.2 Å². The van der Waals surface area contributed by atoms with E-state index < -0.39 is 11.7 Å². The van der Waals surface area contributed by atoms with Crippen molar-refractivity contribution < 1.29 is 18.3 Å². The van der Waals surface area contributed by atoms with E-state index in [1.807, 2.05) is 0 Å². The Labute approximate surface area is 153 Å². The first-order chi connectivity index (χ1) is 12.4. The zero-order valence-electron chi connectivity index (χ0n) is 13.9. The van der Waals surface area contributed by atoms with Crippen molar-refractivity contribution in [2.45, 2.75) is 43.7 Å². The van der Waals surface area contributed by atoms with Crippen LogP contribution in [-0.4, -0.2) is 5.11 Å². The molecular formula is C21H17F3OS. The fourth-order valence-electron chi connectivity index (χ4n) is 4.84. The first-order valence-corrected chi connectivity index (χ1v) is 9.77. The van der Waals surface area contributed by atoms with E-state index in [9.17, 15) is 18.3 Å². The van der Waals surface area contributed by atoms with Gasteiger partial charge in [0.1, 0.15) is 5.75 Å². The van der Waals surface area contributed by atoms with Crippen molar-refractivity contribution in [1.29, 1.82) is 0 Å². The van der Waals surface area contributed by atoms with E-state index in [1.54, 1.807) is 17.4 Å². The zero-order chi connectivity index (χ0) is 18.1. The molecule has 2 aromatic carbocycles. The van der Waals surface area contributed by atoms with Gasteiger partial charge in [0.2, 0.25) is 0 Å². The number of hydrogen-bond donors (Lipinski definition) is 1. The Morgan fingerprint density at radius 1 is 0.923 bits per heavy atom. The van der Waals surface area contributed by atoms with Crippen molar-refractivity contribution in [2.24, 2.45) is 0 Å². The van der Waals surface area contributed by atoms with Gasteiger partial charge in [-0.2, -0.15) is 13.2 Å². The number of benzene rings is 2. The van der Waals surface area contributed by atoms with Crippen LogP contribution >= 0.6 is 11.3 Å². The van der Waals surface area contributed by atoms with Gasteiger partial charge < -0.3 is 5.11 Å². The van der Waals surface area contributed by atoms with E-state index >= 15 is 0 Å². The summed E-state index contributed by atoms with van der Waals surface area (Å²) in [5.41, 5.74) is 2.74. The average Bonchev–Trinajstić information content (AvgIpc) is 3.10. The van der Waals surface area contributed by atoms with Crippen LogP contribution in [0.2, 0.25) is 0 Å². The van der Waals surface area contributed by atoms with E-state index in [2.05, 4.69) is 11.4 Å². The number of alkyl halides is 3. The van der Waals surface area contributed by atoms with Crippen molar-refractivity contribution in [1.82, 2.24) is 0 Å². The van der Waals surface area contributed by atoms with Crippen LogP contribution < -0.4 is 0 Å². The lowest BCUT2D eigenvalue weighted by Gasteiger charge is -2.38. The Morgan fingerprint density at radius 2 is 1.65 bits per heavy atom. The molecule has 1 saturated carbocycles. The number of halogens is 3. The molecule has 2 unspecified atom stereocenters. The molecule has 1 nitrogen and oxygen atoms in total. The fraction of sp³-hybridized carbons (Fsp3) is 0.333. The second kappa shape index (κ2) is 5.49. The van der Waals surface area contributed by atoms with Crippen molar-refractivity contribution in [3.63, 3.8) is 0 Å². The molecule has 2 atom stereocenters. The van der Waals surface area contributed by atoms with Gasteiger partial charge in [-0.25, -0.2) is 0 Å². The third kappa shape index (κ3) is 2.22. The molecule has 0 bridgehead atoms. The van der Waals surface area contributed by atoms with Gasteiger partial charge in [-0.1, -0.05) is 18.9 Å². The van der Waals surface area contributed by atoms with Crippen LogP contribution in [0.5, 0.6) is 5.75 Å². The Balaban J connectivity index is 1.83. The van der Waals surface area contributed by atoms with Gasteiger partial charge in [0.05, 0.1) is 5.56 Å². The number of rotatable bonds is 0. The predicted molar refractivity (Wildman–Crippen MR) is 97.9 cm³/mol. The summed E-state index contributed by atoms with van der Waals surface area (Å²) in [4.78, 5) is 1.16. The molecule has 0 amide bonds. The Bertz CT molecular complexity index is 1020. The van der Waals surface area contributed by atoms with E-state index in [1.165, 1.54) is 18.1 Å². The van der Waals surface area contributed by atoms with Crippen LogP contribution in [0.1, 0.15) is 54.2 Å². The highest BCUT2D eigenvalue weighted by molar-refractivity contribution is 7.14. The minimum absolute atomic E-state index is 0.0471. The molecule has 0 spiro atoms. The Hall–Kier alpha value is -2.01. The highest BCUT2D eigenvalue weighted by Gasteiger charge is 2.38. The normalized spacial score (nSPS) is 22.0. The van der Waals surface area contributed by atoms with Gasteiger partial charge in [0, 0.05) is 15.8 Å². The lowest BCUT2D eigenvalue weighted by Crippen LogP contribution is -2.20. The molecule has 1 fully saturated rings. The third-order valence-corrected chi connectivity index (χ3v) is 6.91. The maximum atomic E-state index is 13.1. The van der Waals surface area contributed by atoms with Crippen LogP contribution in [0, 0.1) is 0 Å². The van der Waals surface area contributed by atoms with Crippen LogP contribution in [0.15, 0.2) is 35.7 Å². The summed E-state index contributed by atoms with van der Waals surface area (Å²) in [7, 11) is 0. The standard InChI is InChI=1S/C21H17F3OS/c22-21(23,24)11-5-6-14-16(9-11)18(25)10-17-13-4-2-1-3-12(13)15-7-8-26-20(15)19(14)17/h5-10,12-13,25H,1-4H2. The summed E-state index contributed by atoms with van der Waals surface area (Å²) in [6, 6.07) is 7.63. The maximum absolute atomic E-state index is 13.1. The smallest absolute Gasteiger partial charge is 0.416 e. The fourth-order valence-corrected chi connectivity index (χ4v) is 5.89. The van der Waals surface area contributed by atoms with E-state index in [-0.39, 0.29) is 11.1 Å². The summed E-state index contributed by atoms with van der Waals surface area (Å²) in [5.74, 6) is 0.761. The number of fused-ring (bicyclic) bond motifs is 8. The molecule has 2 aliphatic carbocycles. The zero-order valence-corrected chi connectivity index (χ0v) is 14.8. The lowest BCUT2D eigenvalue weighted by atomic mass is 9.67. The van der Waals surface area contributed by atoms with Crippen molar-refractivity contribution >= 4 is 22.1 Å². The number of phenols is 1. The SMILES string of the molecule is Oc1cc2c(c3ccc(C(F)(F)F)cc13)-c1sccc1C1CCCCC21. The van der Waals surface area contributed by atoms with Crippen molar-refractivity contribution in [3.05, 3.63) is 52.4 Å². The van der Waals surface area contributed by atoms with Gasteiger partial charge in [0.25, 0.3) is 0 Å². The molecule has 5 heteroatoms. The number of hydrogen-bond acceptors (Lipinski definition) is 2. The van der Waals surface area contributed by atoms with Gasteiger partial charge in [-0.05, 0) is 70.8 Å². The Kier molecular flexibility index (Phi) is 3.42. The topological polar surface area (TPSA) is 20.2 Å². The van der Waals surface area contributed by atoms with Crippen LogP contribution in [0.3, 0.4) is 0 Å². The van der Waals surface area contributed by atoms with Crippen LogP contribution in [-0.2, 0) is 6.18 Å². The van der Waals surface area contributed by atoms with Gasteiger partial charge in [0.15, 0.2) is 0 Å². The molecule has 2 aliphatic rings. The Morgan fingerprint density at radius 3 is 2.38 bits per heavy atom.